The molecule has 19 radical (unpaired) electrons. The third-order valence-electron chi connectivity index (χ3n) is 7.42. The van der Waals surface area contributed by atoms with E-state index in [9.17, 15) is 9.59 Å². The van der Waals surface area contributed by atoms with Gasteiger partial charge in [-0.25, -0.2) is 9.59 Å². The van der Waals surface area contributed by atoms with E-state index in [1.807, 2.05) is 27.7 Å². The van der Waals surface area contributed by atoms with Crippen molar-refractivity contribution in [2.75, 3.05) is 0 Å². The average molecular weight is 807 g/mol. The second kappa shape index (κ2) is 32.1. The number of aryl methyl sites for hydroxylation is 1. The molecule has 1 heterocycles. The maximum absolute atomic E-state index is 10.8. The van der Waals surface area contributed by atoms with E-state index in [-0.39, 0.29) is 15.9 Å². The van der Waals surface area contributed by atoms with E-state index in [0.29, 0.717) is 5.69 Å². The van der Waals surface area contributed by atoms with Gasteiger partial charge in [-0.3, -0.25) is 5.10 Å². The second-order valence-electron chi connectivity index (χ2n) is 13.4. The summed E-state index contributed by atoms with van der Waals surface area (Å²) < 4.78 is 4.02. The average Bonchev–Trinajstić information content (AvgIpc) is 3.68. The van der Waals surface area contributed by atoms with Gasteiger partial charge < -0.3 is 10.2 Å². The van der Waals surface area contributed by atoms with Crippen LogP contribution in [0.25, 0.3) is 10.9 Å². The largest absolute Gasteiger partial charge is 0.478 e. The van der Waals surface area contributed by atoms with Crippen molar-refractivity contribution in [1.29, 1.82) is 0 Å². The number of benzene rings is 2. The third-order valence-corrected chi connectivity index (χ3v) is 8.13. The number of aromatic carboxylic acids is 2. The van der Waals surface area contributed by atoms with Crippen LogP contribution in [0.15, 0.2) is 151 Å². The number of carbonyl (C=O) groups is 2. The Kier molecular flexibility index (Phi) is 29.2. The fraction of sp³-hybridized carbons (Fsp3) is 0.135. The summed E-state index contributed by atoms with van der Waals surface area (Å²) in [7, 11) is 52.0. The summed E-state index contributed by atoms with van der Waals surface area (Å²) in [6.45, 7) is 14.6. The van der Waals surface area contributed by atoms with E-state index in [0.717, 1.165) is 16.5 Å². The fourth-order valence-corrected chi connectivity index (χ4v) is 4.97. The van der Waals surface area contributed by atoms with Crippen molar-refractivity contribution in [2.24, 2.45) is 9.63 Å². The first-order valence-electron chi connectivity index (χ1n) is 18.2. The number of carboxylic acid groups (broad SMARTS) is 2. The highest BCUT2D eigenvalue weighted by molar-refractivity contribution is 8.15. The number of hydrogen-bond acceptors (Lipinski definition) is 6. The molecule has 0 aliphatic heterocycles. The highest BCUT2D eigenvalue weighted by Gasteiger charge is 2.39. The minimum atomic E-state index is -0.954. The first kappa shape index (κ1) is 57.3. The molecule has 0 aliphatic carbocycles. The topological polar surface area (TPSA) is 128 Å². The van der Waals surface area contributed by atoms with Gasteiger partial charge in [-0.15, -0.1) is 9.63 Å². The third kappa shape index (κ3) is 25.1. The Morgan fingerprint density at radius 1 is 0.698 bits per heavy atom. The lowest BCUT2D eigenvalue weighted by Crippen LogP contribution is -2.76. The molecule has 0 aliphatic rings. The predicted molar refractivity (Wildman–Crippen MR) is 275 cm³/mol. The number of H-pyrrole nitrogens is 1. The number of fused-ring (bicyclic) bond motifs is 1. The standard InChI is InChI=1S/C17H4.C12H16N2O2S.C8H6N2O2.B17/c1-3-5-7-9-11-13-15-17-16-14-12-10-8-6-4-2;1-8-5-6-9(11(15)16)7-10(8)13-14-17-12(2,3)4;11-8(12)5-1-2-6-4-9-10-7(6)3-5;1-10-15(11(2)3)17(14(8)9)16(12(4)5)13(6)7/h1-2H2;5-7H,1-4H3,(H,15,16);1-4H,(H,9,10)(H,11,12);. The lowest BCUT2D eigenvalue weighted by molar-refractivity contribution is 0.0686. The number of carboxylic acids is 2. The fourth-order valence-electron chi connectivity index (χ4n) is 4.59. The molecule has 0 fully saturated rings. The van der Waals surface area contributed by atoms with Crippen molar-refractivity contribution in [3.8, 4) is 0 Å². The summed E-state index contributed by atoms with van der Waals surface area (Å²) in [5, 5.41) is 29.0. The quantitative estimate of drug-likeness (QED) is 0.118. The Morgan fingerprint density at radius 2 is 1.13 bits per heavy atom. The molecule has 0 saturated carbocycles. The zero-order valence-corrected chi connectivity index (χ0v) is 36.0. The van der Waals surface area contributed by atoms with Gasteiger partial charge in [0.05, 0.1) is 28.5 Å². The minimum Gasteiger partial charge on any atom is -0.478 e. The molecule has 3 aromatic rings. The van der Waals surface area contributed by atoms with Crippen LogP contribution in [0.5, 0.6) is 0 Å². The number of rotatable bonds is 11. The van der Waals surface area contributed by atoms with E-state index in [1.165, 1.54) is 25.1 Å². The second-order valence-corrected chi connectivity index (χ2v) is 15.0. The molecule has 0 atom stereocenters. The molecule has 8 nitrogen and oxygen atoms in total. The van der Waals surface area contributed by atoms with Crippen molar-refractivity contribution in [2.45, 2.75) is 32.4 Å². The Morgan fingerprint density at radius 3 is 1.51 bits per heavy atom. The lowest BCUT2D eigenvalue weighted by atomic mass is 8.43. The van der Waals surface area contributed by atoms with Gasteiger partial charge in [-0.1, -0.05) is 23.6 Å². The number of aromatic nitrogens is 2. The molecular formula is C37H26B17N4O4S. The van der Waals surface area contributed by atoms with Gasteiger partial charge in [-0.2, -0.15) is 5.10 Å². The first-order valence-corrected chi connectivity index (χ1v) is 19.0. The van der Waals surface area contributed by atoms with Gasteiger partial charge in [0, 0.05) is 143 Å². The molecule has 1 aromatic heterocycles. The minimum absolute atomic E-state index is 0.00180. The zero-order chi connectivity index (χ0) is 48.0. The number of hydrogen-bond donors (Lipinski definition) is 3. The number of nitrogens with one attached hydrogen (secondary N) is 1. The van der Waals surface area contributed by atoms with Gasteiger partial charge in [-0.05, 0) is 145 Å². The van der Waals surface area contributed by atoms with Crippen LogP contribution in [-0.2, 0) is 0 Å². The Balaban J connectivity index is 0.000000818. The van der Waals surface area contributed by atoms with E-state index in [1.54, 1.807) is 36.5 Å². The molecule has 3 rings (SSSR count). The van der Waals surface area contributed by atoms with Gasteiger partial charge >= 0.3 is 11.9 Å². The zero-order valence-electron chi connectivity index (χ0n) is 35.2. The van der Waals surface area contributed by atoms with Crippen LogP contribution < -0.4 is 0 Å². The number of nitrogens with zero attached hydrogens (tertiary/aromatic N) is 3. The SMILES string of the molecule is C=C=C=C=C=C=C=C=C=C=C=C=C=C=C=C=C.Cc1ccc(C(=O)O)cc1N=NSC(C)(C)C.O=C(O)c1ccc2cn[nH]c2c1.[B][B]B(B([B])[B])B(B([B])[B])B(B([B])[B])B([B])[B]. The lowest BCUT2D eigenvalue weighted by Gasteiger charge is -2.38. The van der Waals surface area contributed by atoms with Crippen molar-refractivity contribution in [3.05, 3.63) is 158 Å². The Hall–Kier alpha value is -5.66. The van der Waals surface area contributed by atoms with E-state index >= 15 is 0 Å². The molecule has 2 aromatic carbocycles. The maximum Gasteiger partial charge on any atom is 0.335 e. The van der Waals surface area contributed by atoms with E-state index in [4.69, 9.17) is 79.8 Å². The van der Waals surface area contributed by atoms with Crippen molar-refractivity contribution >= 4 is 162 Å². The maximum atomic E-state index is 10.8. The van der Waals surface area contributed by atoms with Crippen LogP contribution in [0.4, 0.5) is 5.69 Å². The monoisotopic (exact) mass is 809 g/mol. The molecule has 0 spiro atoms. The van der Waals surface area contributed by atoms with Crippen LogP contribution in [0.1, 0.15) is 47.1 Å². The van der Waals surface area contributed by atoms with Crippen LogP contribution in [0.3, 0.4) is 0 Å². The summed E-state index contributed by atoms with van der Waals surface area (Å²) in [6, 6.07) is 9.67. The first-order chi connectivity index (χ1) is 29.7. The van der Waals surface area contributed by atoms with Crippen LogP contribution in [0, 0.1) is 6.92 Å². The van der Waals surface area contributed by atoms with Gasteiger partial charge in [0.25, 0.3) is 0 Å². The molecule has 3 N–H and O–H groups in total. The van der Waals surface area contributed by atoms with E-state index in [2.05, 4.69) is 119 Å². The summed E-state index contributed by atoms with van der Waals surface area (Å²) in [4.78, 5) is 21.4. The summed E-state index contributed by atoms with van der Waals surface area (Å²) in [6.07, 6.45) is -3.01. The highest BCUT2D eigenvalue weighted by atomic mass is 32.2. The predicted octanol–water partition coefficient (Wildman–Crippen LogP) is 2.14. The van der Waals surface area contributed by atoms with Crippen LogP contribution >= 0.6 is 11.9 Å². The van der Waals surface area contributed by atoms with Crippen LogP contribution in [0.2, 0.25) is 0 Å². The molecule has 63 heavy (non-hydrogen) atoms. The van der Waals surface area contributed by atoms with Gasteiger partial charge in [0.15, 0.2) is 0 Å². The Bertz CT molecular complexity index is 2570. The summed E-state index contributed by atoms with van der Waals surface area (Å²) in [5.74, 6) is -1.88. The molecular weight excluding hydrogens is 780 g/mol. The van der Waals surface area contributed by atoms with Crippen LogP contribution in [-0.4, -0.2) is 158 Å². The summed E-state index contributed by atoms with van der Waals surface area (Å²) in [5.41, 5.74) is 39.7. The van der Waals surface area contributed by atoms with Gasteiger partial charge in [0.1, 0.15) is 0 Å². The molecule has 0 amide bonds. The van der Waals surface area contributed by atoms with Crippen molar-refractivity contribution in [1.82, 2.24) is 10.2 Å². The molecule has 0 saturated heterocycles. The summed E-state index contributed by atoms with van der Waals surface area (Å²) >= 11 is 1.36. The molecule has 0 unspecified atom stereocenters. The van der Waals surface area contributed by atoms with E-state index < -0.39 is 56.6 Å². The number of aromatic amines is 1. The smallest absolute Gasteiger partial charge is 0.335 e. The Labute approximate surface area is 390 Å². The molecule has 26 heteroatoms. The molecule has 0 bridgehead atoms. The molecule has 275 valence electrons. The van der Waals surface area contributed by atoms with Gasteiger partial charge in [0.2, 0.25) is 0 Å². The van der Waals surface area contributed by atoms with Crippen molar-refractivity contribution < 1.29 is 19.8 Å². The van der Waals surface area contributed by atoms with Crippen molar-refractivity contribution in [3.63, 3.8) is 0 Å². The normalized spacial score (nSPS) is 8.63. The highest BCUT2D eigenvalue weighted by Crippen LogP contribution is 2.28.